The number of nitro groups is 3. The number of nitro benzene ring substituents is 1. The summed E-state index contributed by atoms with van der Waals surface area (Å²) < 4.78 is 0. The van der Waals surface area contributed by atoms with Gasteiger partial charge in [0.1, 0.15) is 0 Å². The monoisotopic (exact) mass is 258 g/mol. The number of nitrogens with zero attached hydrogens (tertiary/aromatic N) is 4. The van der Waals surface area contributed by atoms with Crippen molar-refractivity contribution in [2.24, 2.45) is 0 Å². The molecule has 90 valence electrons. The predicted molar refractivity (Wildman–Crippen MR) is 59.5 cm³/mol. The Hall–Kier alpha value is -2.25. The van der Waals surface area contributed by atoms with Gasteiger partial charge in [0.2, 0.25) is 15.2 Å². The van der Waals surface area contributed by atoms with Gasteiger partial charge >= 0.3 is 5.69 Å². The zero-order valence-electron chi connectivity index (χ0n) is 7.55. The number of benzene rings is 1. The van der Waals surface area contributed by atoms with Crippen molar-refractivity contribution in [1.29, 1.82) is 0 Å². The summed E-state index contributed by atoms with van der Waals surface area (Å²) >= 11 is 0. The minimum absolute atomic E-state index is 0. The number of anilines is 1. The van der Waals surface area contributed by atoms with E-state index < -0.39 is 31.5 Å². The van der Waals surface area contributed by atoms with Gasteiger partial charge in [0, 0.05) is 6.07 Å². The minimum atomic E-state index is -1.34. The number of rotatable bonds is 4. The van der Waals surface area contributed by atoms with Gasteiger partial charge in [0.15, 0.2) is 17.4 Å². The fraction of sp³-hybridized carbons (Fsp3) is 0. The maximum absolute atomic E-state index is 10.5. The van der Waals surface area contributed by atoms with Crippen LogP contribution in [0, 0.1) is 30.3 Å². The van der Waals surface area contributed by atoms with Crippen molar-refractivity contribution in [3.63, 3.8) is 0 Å². The van der Waals surface area contributed by atoms with Crippen molar-refractivity contribution in [2.45, 2.75) is 0 Å². The summed E-state index contributed by atoms with van der Waals surface area (Å²) in [4.78, 5) is 30.3. The summed E-state index contributed by atoms with van der Waals surface area (Å²) in [7, 11) is 0. The summed E-state index contributed by atoms with van der Waals surface area (Å²) in [5.74, 6) is 0. The molecule has 0 bridgehead atoms. The number of para-hydroxylation sites is 2. The third kappa shape index (κ3) is 3.10. The maximum atomic E-state index is 10.5. The van der Waals surface area contributed by atoms with E-state index in [0.717, 1.165) is 12.1 Å². The van der Waals surface area contributed by atoms with Crippen LogP contribution in [0.4, 0.5) is 11.4 Å². The first kappa shape index (κ1) is 14.8. The third-order valence-electron chi connectivity index (χ3n) is 1.60. The molecule has 0 aliphatic rings. The molecular weight excluding hydrogens is 251 g/mol. The number of hydrogen-bond donors (Lipinski definition) is 0. The van der Waals surface area contributed by atoms with Gasteiger partial charge in [-0.25, -0.2) is 20.2 Å². The first-order valence-electron chi connectivity index (χ1n) is 3.77. The van der Waals surface area contributed by atoms with Gasteiger partial charge in [0.05, 0.1) is 4.92 Å². The van der Waals surface area contributed by atoms with Crippen LogP contribution in [-0.2, 0) is 0 Å². The fourth-order valence-corrected chi connectivity index (χ4v) is 1.02. The molecule has 0 N–H and O–H groups in total. The molecule has 0 unspecified atom stereocenters. The van der Waals surface area contributed by atoms with E-state index in [2.05, 4.69) is 0 Å². The maximum Gasteiger partial charge on any atom is 0.305 e. The van der Waals surface area contributed by atoms with E-state index in [9.17, 15) is 30.3 Å². The van der Waals surface area contributed by atoms with Crippen LogP contribution in [0.15, 0.2) is 24.3 Å². The zero-order chi connectivity index (χ0) is 12.3. The molecule has 11 heteroatoms. The van der Waals surface area contributed by atoms with Crippen LogP contribution < -0.4 is 5.12 Å². The lowest BCUT2D eigenvalue weighted by Gasteiger charge is -2.03. The lowest BCUT2D eigenvalue weighted by atomic mass is 10.3. The number of hydrogen-bond acceptors (Lipinski definition) is 6. The quantitative estimate of drug-likeness (QED) is 0.407. The normalized spacial score (nSPS) is 8.94. The van der Waals surface area contributed by atoms with Crippen molar-refractivity contribution < 1.29 is 15.0 Å². The van der Waals surface area contributed by atoms with E-state index in [0.29, 0.717) is 0 Å². The number of hydrazine groups is 2. The second-order valence-electron chi connectivity index (χ2n) is 2.51. The Labute approximate surface area is 104 Å². The molecule has 0 aliphatic carbocycles. The van der Waals surface area contributed by atoms with Crippen molar-refractivity contribution >= 4 is 28.7 Å². The standard InChI is InChI=1S/C6H4N4O6.Al.3H/c11-8(12)6-4-2-1-3-5(6)7(9(13)14)10(15)16;;;;/h1-4H;;;;. The summed E-state index contributed by atoms with van der Waals surface area (Å²) in [5.41, 5.74) is -1.42. The Morgan fingerprint density at radius 1 is 0.941 bits per heavy atom. The highest BCUT2D eigenvalue weighted by Gasteiger charge is 2.36. The van der Waals surface area contributed by atoms with Gasteiger partial charge in [-0.15, -0.1) is 0 Å². The van der Waals surface area contributed by atoms with Crippen molar-refractivity contribution in [2.75, 3.05) is 5.12 Å². The minimum Gasteiger partial charge on any atom is -0.258 e. The Balaban J connectivity index is 0.00000256. The molecule has 1 aromatic carbocycles. The van der Waals surface area contributed by atoms with Gasteiger partial charge in [-0.2, -0.15) is 0 Å². The van der Waals surface area contributed by atoms with Gasteiger partial charge in [-0.1, -0.05) is 12.1 Å². The summed E-state index contributed by atoms with van der Waals surface area (Å²) in [6.07, 6.45) is 0. The second kappa shape index (κ2) is 5.73. The molecule has 10 nitrogen and oxygen atoms in total. The van der Waals surface area contributed by atoms with E-state index in [1.54, 1.807) is 0 Å². The largest absolute Gasteiger partial charge is 0.305 e. The van der Waals surface area contributed by atoms with Gasteiger partial charge < -0.3 is 0 Å². The molecule has 0 atom stereocenters. The Kier molecular flexibility index (Phi) is 4.97. The SMILES string of the molecule is O=[N+]([O-])c1ccccc1N([N+](=O)[O-])[N+](=O)[O-].[AlH3]. The fourth-order valence-electron chi connectivity index (χ4n) is 1.02. The summed E-state index contributed by atoms with van der Waals surface area (Å²) in [6.45, 7) is 0. The van der Waals surface area contributed by atoms with E-state index in [1.807, 2.05) is 0 Å². The van der Waals surface area contributed by atoms with Crippen LogP contribution in [0.1, 0.15) is 0 Å². The van der Waals surface area contributed by atoms with Crippen LogP contribution in [0.3, 0.4) is 0 Å². The van der Waals surface area contributed by atoms with E-state index in [-0.39, 0.29) is 17.4 Å². The molecule has 0 aliphatic heterocycles. The first-order valence-corrected chi connectivity index (χ1v) is 3.77. The Morgan fingerprint density at radius 3 is 1.82 bits per heavy atom. The van der Waals surface area contributed by atoms with Crippen LogP contribution in [-0.4, -0.2) is 32.3 Å². The highest BCUT2D eigenvalue weighted by Crippen LogP contribution is 2.27. The van der Waals surface area contributed by atoms with Gasteiger partial charge in [0.25, 0.3) is 5.69 Å². The first-order chi connectivity index (χ1) is 7.45. The molecule has 0 spiro atoms. The second-order valence-corrected chi connectivity index (χ2v) is 2.51. The highest BCUT2D eigenvalue weighted by molar-refractivity contribution is 5.75. The molecular formula is C6H7AlN4O6. The zero-order valence-corrected chi connectivity index (χ0v) is 7.55. The topological polar surface area (TPSA) is 133 Å². The smallest absolute Gasteiger partial charge is 0.258 e. The van der Waals surface area contributed by atoms with Crippen LogP contribution >= 0.6 is 0 Å². The summed E-state index contributed by atoms with van der Waals surface area (Å²) in [5, 5.41) is 28.1. The van der Waals surface area contributed by atoms with Gasteiger partial charge in [-0.3, -0.25) is 10.1 Å². The molecule has 0 saturated carbocycles. The summed E-state index contributed by atoms with van der Waals surface area (Å²) in [6, 6.07) is 4.33. The van der Waals surface area contributed by atoms with Crippen LogP contribution in [0.25, 0.3) is 0 Å². The van der Waals surface area contributed by atoms with Crippen LogP contribution in [0.5, 0.6) is 0 Å². The van der Waals surface area contributed by atoms with Crippen molar-refractivity contribution in [3.05, 3.63) is 54.6 Å². The molecule has 17 heavy (non-hydrogen) atoms. The van der Waals surface area contributed by atoms with E-state index in [1.165, 1.54) is 12.1 Å². The molecule has 0 heterocycles. The molecule has 0 radical (unpaired) electrons. The Bertz CT molecular complexity index is 452. The molecule has 0 amide bonds. The van der Waals surface area contributed by atoms with E-state index >= 15 is 0 Å². The lowest BCUT2D eigenvalue weighted by Crippen LogP contribution is -2.35. The molecule has 1 aromatic rings. The lowest BCUT2D eigenvalue weighted by molar-refractivity contribution is -0.712. The van der Waals surface area contributed by atoms with Crippen molar-refractivity contribution in [3.8, 4) is 0 Å². The predicted octanol–water partition coefficient (Wildman–Crippen LogP) is -0.399. The van der Waals surface area contributed by atoms with Crippen molar-refractivity contribution in [1.82, 2.24) is 0 Å². The van der Waals surface area contributed by atoms with Crippen LogP contribution in [0.2, 0.25) is 0 Å². The Morgan fingerprint density at radius 2 is 1.41 bits per heavy atom. The highest BCUT2D eigenvalue weighted by atomic mass is 27.0. The molecule has 0 saturated heterocycles. The van der Waals surface area contributed by atoms with Gasteiger partial charge in [-0.05, 0) is 6.07 Å². The van der Waals surface area contributed by atoms with E-state index in [4.69, 9.17) is 0 Å². The third-order valence-corrected chi connectivity index (χ3v) is 1.60. The molecule has 0 aromatic heterocycles. The molecule has 0 fully saturated rings. The molecule has 1 rings (SSSR count). The average Bonchev–Trinajstić information content (AvgIpc) is 2.17. The average molecular weight is 258 g/mol.